The molecule has 3 heteroatoms. The van der Waals surface area contributed by atoms with E-state index in [1.165, 1.54) is 24.8 Å². The van der Waals surface area contributed by atoms with E-state index in [1.54, 1.807) is 30.6 Å². The normalized spacial score (nSPS) is 20.1. The van der Waals surface area contributed by atoms with Crippen LogP contribution in [0.2, 0.25) is 0 Å². The van der Waals surface area contributed by atoms with Gasteiger partial charge in [0.1, 0.15) is 5.67 Å². The van der Waals surface area contributed by atoms with E-state index in [4.69, 9.17) is 0 Å². The summed E-state index contributed by atoms with van der Waals surface area (Å²) in [4.78, 5) is 6.36. The van der Waals surface area contributed by atoms with Crippen LogP contribution in [-0.4, -0.2) is 0 Å². The molecule has 0 atom stereocenters. The number of thiophene rings is 2. The van der Waals surface area contributed by atoms with E-state index in [0.717, 1.165) is 5.56 Å². The Labute approximate surface area is 285 Å². The second-order valence-corrected chi connectivity index (χ2v) is 21.3. The fraction of sp³-hybridized carbons (Fsp3) is 0.667. The Morgan fingerprint density at radius 3 is 1.53 bits per heavy atom. The third-order valence-electron chi connectivity index (χ3n) is 10.4. The summed E-state index contributed by atoms with van der Waals surface area (Å²) in [5.74, 6) is 0. The molecule has 0 N–H and O–H groups in total. The largest absolute Gasteiger partial charge is 0.239 e. The molecular weight excluding hydrogens is 588 g/mol. The highest BCUT2D eigenvalue weighted by Crippen LogP contribution is 2.55. The van der Waals surface area contributed by atoms with E-state index < -0.39 is 5.67 Å². The molecule has 3 aromatic rings. The van der Waals surface area contributed by atoms with E-state index in [9.17, 15) is 4.39 Å². The molecule has 252 valence electrons. The van der Waals surface area contributed by atoms with Crippen molar-refractivity contribution in [1.29, 1.82) is 0 Å². The summed E-state index contributed by atoms with van der Waals surface area (Å²) in [6.07, 6.45) is 5.19. The molecule has 3 aliphatic rings. The van der Waals surface area contributed by atoms with Crippen LogP contribution >= 0.6 is 22.7 Å². The Morgan fingerprint density at radius 2 is 1.11 bits per heavy atom. The van der Waals surface area contributed by atoms with Crippen LogP contribution in [0, 0.1) is 10.8 Å². The van der Waals surface area contributed by atoms with Gasteiger partial charge in [-0.25, -0.2) is 4.39 Å². The van der Waals surface area contributed by atoms with Crippen molar-refractivity contribution in [3.63, 3.8) is 0 Å². The highest BCUT2D eigenvalue weighted by molar-refractivity contribution is 7.12. The van der Waals surface area contributed by atoms with Gasteiger partial charge in [-0.3, -0.25) is 0 Å². The quantitative estimate of drug-likeness (QED) is 0.245. The first-order valence-electron chi connectivity index (χ1n) is 16.8. The molecule has 2 heterocycles. The summed E-state index contributed by atoms with van der Waals surface area (Å²) in [6.45, 7) is 34.7. The average Bonchev–Trinajstić information content (AvgIpc) is 3.11. The van der Waals surface area contributed by atoms with Gasteiger partial charge in [-0.2, -0.15) is 0 Å². The SMILES string of the molecule is C.CC(C)(C)c1cc2c(s1)CC(C)(C)C2(C)C.CC(C)(C)c1ccc(C2(F)CC2)cc1.CC1(C)Cc2cc(C(C)(C)C)sc2C1. The number of hydrogen-bond acceptors (Lipinski definition) is 2. The van der Waals surface area contributed by atoms with Crippen molar-refractivity contribution in [3.8, 4) is 0 Å². The first kappa shape index (κ1) is 38.0. The van der Waals surface area contributed by atoms with Gasteiger partial charge in [-0.1, -0.05) is 136 Å². The smallest absolute Gasteiger partial charge is 0.136 e. The molecule has 1 saturated carbocycles. The molecule has 6 rings (SSSR count). The first-order chi connectivity index (χ1) is 19.8. The summed E-state index contributed by atoms with van der Waals surface area (Å²) in [6, 6.07) is 12.9. The van der Waals surface area contributed by atoms with Gasteiger partial charge in [0.05, 0.1) is 0 Å². The Morgan fingerprint density at radius 1 is 0.622 bits per heavy atom. The molecule has 1 aromatic carbocycles. The molecule has 0 nitrogen and oxygen atoms in total. The molecule has 0 bridgehead atoms. The van der Waals surface area contributed by atoms with Crippen LogP contribution in [0.1, 0.15) is 166 Å². The zero-order chi connectivity index (χ0) is 33.3. The van der Waals surface area contributed by atoms with Gasteiger partial charge in [0.25, 0.3) is 0 Å². The molecule has 0 saturated heterocycles. The topological polar surface area (TPSA) is 0 Å². The molecule has 0 aliphatic heterocycles. The third-order valence-corrected chi connectivity index (χ3v) is 13.6. The number of alkyl halides is 1. The van der Waals surface area contributed by atoms with Gasteiger partial charge >= 0.3 is 0 Å². The van der Waals surface area contributed by atoms with E-state index in [1.807, 2.05) is 34.8 Å². The predicted molar refractivity (Wildman–Crippen MR) is 202 cm³/mol. The monoisotopic (exact) mass is 652 g/mol. The van der Waals surface area contributed by atoms with Crippen molar-refractivity contribution >= 4 is 22.7 Å². The lowest BCUT2D eigenvalue weighted by Crippen LogP contribution is -2.32. The fourth-order valence-electron chi connectivity index (χ4n) is 6.26. The molecule has 2 aromatic heterocycles. The van der Waals surface area contributed by atoms with Gasteiger partial charge in [0.2, 0.25) is 0 Å². The lowest BCUT2D eigenvalue weighted by atomic mass is 9.68. The number of benzene rings is 1. The minimum atomic E-state index is -0.990. The average molecular weight is 653 g/mol. The van der Waals surface area contributed by atoms with Gasteiger partial charge < -0.3 is 0 Å². The number of halogens is 1. The maximum Gasteiger partial charge on any atom is 0.136 e. The van der Waals surface area contributed by atoms with Crippen LogP contribution in [0.3, 0.4) is 0 Å². The molecular formula is C42H65FS2. The fourth-order valence-corrected chi connectivity index (χ4v) is 9.36. The summed E-state index contributed by atoms with van der Waals surface area (Å²) in [5.41, 5.74) is 6.38. The second kappa shape index (κ2) is 12.2. The van der Waals surface area contributed by atoms with Crippen LogP contribution in [0.15, 0.2) is 36.4 Å². The minimum absolute atomic E-state index is 0. The number of rotatable bonds is 1. The highest BCUT2D eigenvalue weighted by atomic mass is 32.1. The zero-order valence-electron chi connectivity index (χ0n) is 30.7. The second-order valence-electron chi connectivity index (χ2n) is 19.0. The van der Waals surface area contributed by atoms with Crippen molar-refractivity contribution in [1.82, 2.24) is 0 Å². The van der Waals surface area contributed by atoms with Crippen LogP contribution in [0.5, 0.6) is 0 Å². The summed E-state index contributed by atoms with van der Waals surface area (Å²) in [5, 5.41) is 0. The Bertz CT molecular complexity index is 1400. The maximum atomic E-state index is 13.7. The maximum absolute atomic E-state index is 13.7. The zero-order valence-corrected chi connectivity index (χ0v) is 32.3. The lowest BCUT2D eigenvalue weighted by Gasteiger charge is -2.35. The summed E-state index contributed by atoms with van der Waals surface area (Å²) >= 11 is 4.06. The highest BCUT2D eigenvalue weighted by Gasteiger charge is 2.47. The third kappa shape index (κ3) is 8.35. The number of fused-ring (bicyclic) bond motifs is 2. The summed E-state index contributed by atoms with van der Waals surface area (Å²) in [7, 11) is 0. The first-order valence-corrected chi connectivity index (χ1v) is 18.4. The summed E-state index contributed by atoms with van der Waals surface area (Å²) < 4.78 is 13.7. The molecule has 45 heavy (non-hydrogen) atoms. The van der Waals surface area contributed by atoms with Gasteiger partial charge in [0.15, 0.2) is 0 Å². The lowest BCUT2D eigenvalue weighted by molar-refractivity contribution is 0.225. The van der Waals surface area contributed by atoms with Gasteiger partial charge in [-0.15, -0.1) is 22.7 Å². The van der Waals surface area contributed by atoms with Crippen LogP contribution in [0.4, 0.5) is 4.39 Å². The molecule has 0 unspecified atom stereocenters. The molecule has 0 radical (unpaired) electrons. The van der Waals surface area contributed by atoms with Gasteiger partial charge in [-0.05, 0) is 99.0 Å². The predicted octanol–water partition coefficient (Wildman–Crippen LogP) is 13.7. The Kier molecular flexibility index (Phi) is 10.3. The van der Waals surface area contributed by atoms with E-state index in [0.29, 0.717) is 39.9 Å². The van der Waals surface area contributed by atoms with Crippen molar-refractivity contribution in [3.05, 3.63) is 78.2 Å². The standard InChI is InChI=1S/C15H24S.C13H17F.C13H20S.CH4/c1-13(2,3)12-8-10-11(16-12)9-14(4,5)15(10,6)7;1-12(2,3)10-4-6-11(7-5-10)13(14)8-9-13;1-12(2,3)11-6-9-7-13(4,5)8-10(9)14-11;/h8H,9H2,1-7H3;4-7H,8-9H2,1-3H3;6H,7-8H2,1-5H3;1H4. The van der Waals surface area contributed by atoms with Crippen LogP contribution in [-0.2, 0) is 46.6 Å². The van der Waals surface area contributed by atoms with Crippen LogP contribution in [0.25, 0.3) is 0 Å². The molecule has 0 spiro atoms. The van der Waals surface area contributed by atoms with E-state index in [2.05, 4.69) is 128 Å². The molecule has 1 fully saturated rings. The Hall–Kier alpha value is -1.45. The van der Waals surface area contributed by atoms with Crippen LogP contribution < -0.4 is 0 Å². The van der Waals surface area contributed by atoms with Crippen molar-refractivity contribution in [2.45, 2.75) is 171 Å². The minimum Gasteiger partial charge on any atom is -0.239 e. The number of hydrogen-bond donors (Lipinski definition) is 0. The van der Waals surface area contributed by atoms with Crippen molar-refractivity contribution in [2.75, 3.05) is 0 Å². The van der Waals surface area contributed by atoms with E-state index >= 15 is 0 Å². The van der Waals surface area contributed by atoms with Crippen molar-refractivity contribution in [2.24, 2.45) is 10.8 Å². The van der Waals surface area contributed by atoms with Crippen molar-refractivity contribution < 1.29 is 4.39 Å². The van der Waals surface area contributed by atoms with E-state index in [-0.39, 0.29) is 12.8 Å². The molecule has 3 aliphatic carbocycles. The Balaban J connectivity index is 0.000000183. The molecule has 0 amide bonds. The van der Waals surface area contributed by atoms with Gasteiger partial charge in [0, 0.05) is 19.5 Å².